The highest BCUT2D eigenvalue weighted by molar-refractivity contribution is 6.00. The molecule has 0 fully saturated rings. The summed E-state index contributed by atoms with van der Waals surface area (Å²) >= 11 is 0. The fourth-order valence-electron chi connectivity index (χ4n) is 2.20. The average molecular weight is 283 g/mol. The van der Waals surface area contributed by atoms with Gasteiger partial charge in [0.15, 0.2) is 0 Å². The number of aryl methyl sites for hydroxylation is 1. The number of pyridine rings is 1. The zero-order valence-electron chi connectivity index (χ0n) is 12.7. The maximum atomic E-state index is 12.5. The molecule has 21 heavy (non-hydrogen) atoms. The molecule has 110 valence electrons. The molecule has 0 spiro atoms. The quantitative estimate of drug-likeness (QED) is 0.885. The second-order valence-corrected chi connectivity index (χ2v) is 5.06. The molecule has 0 aliphatic heterocycles. The number of rotatable bonds is 5. The molecule has 1 unspecified atom stereocenters. The summed E-state index contributed by atoms with van der Waals surface area (Å²) in [5, 5.41) is 6.26. The summed E-state index contributed by atoms with van der Waals surface area (Å²) in [6.45, 7) is 6.75. The normalized spacial score (nSPS) is 11.8. The Labute approximate surface area is 125 Å². The van der Waals surface area contributed by atoms with E-state index in [-0.39, 0.29) is 11.9 Å². The average Bonchev–Trinajstić information content (AvgIpc) is 2.50. The van der Waals surface area contributed by atoms with Crippen LogP contribution in [0.25, 0.3) is 0 Å². The Hall–Kier alpha value is -2.36. The Bertz CT molecular complexity index is 611. The minimum absolute atomic E-state index is 0.0597. The maximum Gasteiger partial charge on any atom is 0.253 e. The number of anilines is 1. The predicted molar refractivity (Wildman–Crippen MR) is 85.5 cm³/mol. The summed E-state index contributed by atoms with van der Waals surface area (Å²) in [4.78, 5) is 16.5. The molecule has 1 aromatic carbocycles. The highest BCUT2D eigenvalue weighted by atomic mass is 16.1. The van der Waals surface area contributed by atoms with Gasteiger partial charge in [0, 0.05) is 24.6 Å². The van der Waals surface area contributed by atoms with E-state index in [4.69, 9.17) is 0 Å². The molecule has 4 heteroatoms. The van der Waals surface area contributed by atoms with Gasteiger partial charge in [-0.3, -0.25) is 9.78 Å². The molecule has 0 bridgehead atoms. The molecule has 4 nitrogen and oxygen atoms in total. The summed E-state index contributed by atoms with van der Waals surface area (Å²) in [6.07, 6.45) is 3.46. The minimum atomic E-state index is -0.0704. The van der Waals surface area contributed by atoms with E-state index >= 15 is 0 Å². The first-order valence-electron chi connectivity index (χ1n) is 7.17. The van der Waals surface area contributed by atoms with Crippen molar-refractivity contribution in [1.29, 1.82) is 0 Å². The number of aromatic nitrogens is 1. The Morgan fingerprint density at radius 1 is 1.24 bits per heavy atom. The van der Waals surface area contributed by atoms with Crippen LogP contribution in [-0.4, -0.2) is 17.4 Å². The van der Waals surface area contributed by atoms with Gasteiger partial charge in [-0.25, -0.2) is 0 Å². The van der Waals surface area contributed by atoms with Crippen LogP contribution in [-0.2, 0) is 0 Å². The molecule has 0 saturated carbocycles. The van der Waals surface area contributed by atoms with Crippen LogP contribution in [0.5, 0.6) is 0 Å². The molecular weight excluding hydrogens is 262 g/mol. The van der Waals surface area contributed by atoms with Gasteiger partial charge in [0.05, 0.1) is 11.6 Å². The van der Waals surface area contributed by atoms with Gasteiger partial charge in [-0.15, -0.1) is 0 Å². The third-order valence-corrected chi connectivity index (χ3v) is 3.34. The molecule has 2 rings (SSSR count). The highest BCUT2D eigenvalue weighted by Crippen LogP contribution is 2.19. The molecule has 1 atom stereocenters. The van der Waals surface area contributed by atoms with Crippen LogP contribution in [0, 0.1) is 6.92 Å². The zero-order chi connectivity index (χ0) is 15.2. The number of carbonyl (C=O) groups excluding carboxylic acids is 1. The fraction of sp³-hybridized carbons (Fsp3) is 0.294. The standard InChI is InChI=1S/C17H21N3O/c1-4-19-16-6-5-12(2)11-15(16)17(21)20-13(3)14-7-9-18-10-8-14/h5-11,13,19H,4H2,1-3H3,(H,20,21). The van der Waals surface area contributed by atoms with E-state index in [1.165, 1.54) is 0 Å². The largest absolute Gasteiger partial charge is 0.385 e. The number of carbonyl (C=O) groups is 1. The van der Waals surface area contributed by atoms with Crippen molar-refractivity contribution < 1.29 is 4.79 Å². The monoisotopic (exact) mass is 283 g/mol. The molecule has 0 radical (unpaired) electrons. The molecule has 0 saturated heterocycles. The first-order valence-corrected chi connectivity index (χ1v) is 7.17. The second kappa shape index (κ2) is 6.88. The van der Waals surface area contributed by atoms with Crippen LogP contribution in [0.4, 0.5) is 5.69 Å². The van der Waals surface area contributed by atoms with Gasteiger partial charge in [-0.2, -0.15) is 0 Å². The first-order chi connectivity index (χ1) is 10.1. The van der Waals surface area contributed by atoms with Crippen LogP contribution >= 0.6 is 0 Å². The van der Waals surface area contributed by atoms with Crippen molar-refractivity contribution in [3.63, 3.8) is 0 Å². The van der Waals surface area contributed by atoms with Crippen LogP contribution in [0.1, 0.15) is 41.4 Å². The molecule has 1 heterocycles. The highest BCUT2D eigenvalue weighted by Gasteiger charge is 2.14. The summed E-state index contributed by atoms with van der Waals surface area (Å²) in [6, 6.07) is 9.62. The zero-order valence-corrected chi connectivity index (χ0v) is 12.7. The number of hydrogen-bond acceptors (Lipinski definition) is 3. The predicted octanol–water partition coefficient (Wildman–Crippen LogP) is 3.31. The van der Waals surface area contributed by atoms with Crippen molar-refractivity contribution in [1.82, 2.24) is 10.3 Å². The third-order valence-electron chi connectivity index (χ3n) is 3.34. The Morgan fingerprint density at radius 3 is 2.62 bits per heavy atom. The molecule has 1 amide bonds. The van der Waals surface area contributed by atoms with Gasteiger partial charge in [0.1, 0.15) is 0 Å². The van der Waals surface area contributed by atoms with Crippen LogP contribution in [0.3, 0.4) is 0 Å². The van der Waals surface area contributed by atoms with E-state index in [9.17, 15) is 4.79 Å². The van der Waals surface area contributed by atoms with Gasteiger partial charge in [0.2, 0.25) is 0 Å². The number of benzene rings is 1. The van der Waals surface area contributed by atoms with Gasteiger partial charge in [-0.05, 0) is 50.6 Å². The van der Waals surface area contributed by atoms with Gasteiger partial charge in [0.25, 0.3) is 5.91 Å². The lowest BCUT2D eigenvalue weighted by molar-refractivity contribution is 0.0940. The van der Waals surface area contributed by atoms with Crippen LogP contribution in [0.15, 0.2) is 42.7 Å². The van der Waals surface area contributed by atoms with E-state index in [1.54, 1.807) is 12.4 Å². The van der Waals surface area contributed by atoms with E-state index in [0.717, 1.165) is 23.4 Å². The Morgan fingerprint density at radius 2 is 1.95 bits per heavy atom. The minimum Gasteiger partial charge on any atom is -0.385 e. The van der Waals surface area contributed by atoms with E-state index in [2.05, 4.69) is 15.6 Å². The van der Waals surface area contributed by atoms with Crippen molar-refractivity contribution in [2.45, 2.75) is 26.8 Å². The maximum absolute atomic E-state index is 12.5. The van der Waals surface area contributed by atoms with Crippen LogP contribution < -0.4 is 10.6 Å². The number of nitrogens with zero attached hydrogens (tertiary/aromatic N) is 1. The topological polar surface area (TPSA) is 54.0 Å². The van der Waals surface area contributed by atoms with E-state index in [0.29, 0.717) is 5.56 Å². The fourth-order valence-corrected chi connectivity index (χ4v) is 2.20. The van der Waals surface area contributed by atoms with Gasteiger partial charge in [-0.1, -0.05) is 11.6 Å². The van der Waals surface area contributed by atoms with Crippen molar-refractivity contribution in [2.75, 3.05) is 11.9 Å². The third kappa shape index (κ3) is 3.81. The molecule has 0 aliphatic rings. The van der Waals surface area contributed by atoms with Crippen molar-refractivity contribution in [3.05, 3.63) is 59.4 Å². The lowest BCUT2D eigenvalue weighted by Crippen LogP contribution is -2.27. The van der Waals surface area contributed by atoms with E-state index in [1.807, 2.05) is 51.1 Å². The second-order valence-electron chi connectivity index (χ2n) is 5.06. The van der Waals surface area contributed by atoms with Gasteiger partial charge < -0.3 is 10.6 Å². The summed E-state index contributed by atoms with van der Waals surface area (Å²) in [5.74, 6) is -0.0704. The lowest BCUT2D eigenvalue weighted by atomic mass is 10.1. The summed E-state index contributed by atoms with van der Waals surface area (Å²) in [7, 11) is 0. The summed E-state index contributed by atoms with van der Waals surface area (Å²) in [5.41, 5.74) is 3.65. The van der Waals surface area contributed by atoms with Gasteiger partial charge >= 0.3 is 0 Å². The molecule has 2 N–H and O–H groups in total. The smallest absolute Gasteiger partial charge is 0.253 e. The van der Waals surface area contributed by atoms with Crippen molar-refractivity contribution >= 4 is 11.6 Å². The van der Waals surface area contributed by atoms with E-state index < -0.39 is 0 Å². The molecule has 0 aliphatic carbocycles. The lowest BCUT2D eigenvalue weighted by Gasteiger charge is -2.16. The van der Waals surface area contributed by atoms with Crippen molar-refractivity contribution in [2.24, 2.45) is 0 Å². The summed E-state index contributed by atoms with van der Waals surface area (Å²) < 4.78 is 0. The van der Waals surface area contributed by atoms with Crippen molar-refractivity contribution in [3.8, 4) is 0 Å². The number of hydrogen-bond donors (Lipinski definition) is 2. The SMILES string of the molecule is CCNc1ccc(C)cc1C(=O)NC(C)c1ccncc1. The molecule has 1 aromatic heterocycles. The van der Waals surface area contributed by atoms with Crippen LogP contribution in [0.2, 0.25) is 0 Å². The molecular formula is C17H21N3O. The number of nitrogens with one attached hydrogen (secondary N) is 2. The number of amides is 1. The first kappa shape index (κ1) is 15.0. The molecule has 2 aromatic rings. The Kier molecular flexibility index (Phi) is 4.93. The Balaban J connectivity index is 2.18.